The highest BCUT2D eigenvalue weighted by atomic mass is 19.1. The van der Waals surface area contributed by atoms with Crippen molar-refractivity contribution in [2.45, 2.75) is 6.92 Å². The zero-order chi connectivity index (χ0) is 15.9. The second-order valence-electron chi connectivity index (χ2n) is 4.53. The van der Waals surface area contributed by atoms with E-state index in [1.54, 1.807) is 12.1 Å². The van der Waals surface area contributed by atoms with Gasteiger partial charge in [0, 0.05) is 0 Å². The highest BCUT2D eigenvalue weighted by Gasteiger charge is 2.06. The van der Waals surface area contributed by atoms with Crippen molar-refractivity contribution in [2.24, 2.45) is 5.10 Å². The second-order valence-corrected chi connectivity index (χ2v) is 4.53. The summed E-state index contributed by atoms with van der Waals surface area (Å²) in [7, 11) is 0. The van der Waals surface area contributed by atoms with Gasteiger partial charge in [-0.05, 0) is 36.8 Å². The minimum absolute atomic E-state index is 0.249. The molecule has 0 aliphatic carbocycles. The summed E-state index contributed by atoms with van der Waals surface area (Å²) >= 11 is 0. The van der Waals surface area contributed by atoms with Gasteiger partial charge in [0.2, 0.25) is 0 Å². The van der Waals surface area contributed by atoms with Gasteiger partial charge in [-0.2, -0.15) is 5.10 Å². The molecule has 0 aliphatic rings. The average molecular weight is 304 g/mol. The van der Waals surface area contributed by atoms with Crippen molar-refractivity contribution >= 4 is 12.1 Å². The molecule has 0 aromatic heterocycles. The van der Waals surface area contributed by atoms with E-state index >= 15 is 0 Å². The molecule has 6 heteroatoms. The molecule has 0 heterocycles. The number of hydrazone groups is 1. The number of carbonyl (C=O) groups is 1. The second kappa shape index (κ2) is 7.31. The van der Waals surface area contributed by atoms with Crippen LogP contribution in [-0.2, 0) is 4.79 Å². The molecule has 2 rings (SSSR count). The normalized spacial score (nSPS) is 10.7. The maximum absolute atomic E-state index is 13.3. The van der Waals surface area contributed by atoms with Crippen LogP contribution in [-0.4, -0.2) is 18.7 Å². The van der Waals surface area contributed by atoms with Gasteiger partial charge in [0.25, 0.3) is 5.91 Å². The Bertz CT molecular complexity index is 682. The first-order valence-electron chi connectivity index (χ1n) is 6.51. The van der Waals surface area contributed by atoms with Crippen LogP contribution in [0.4, 0.5) is 8.78 Å². The number of carbonyl (C=O) groups excluding carboxylic acids is 1. The number of amides is 1. The summed E-state index contributed by atoms with van der Waals surface area (Å²) in [5.41, 5.74) is 2.83. The third-order valence-electron chi connectivity index (χ3n) is 2.74. The van der Waals surface area contributed by atoms with Crippen LogP contribution in [0.5, 0.6) is 5.75 Å². The Balaban J connectivity index is 1.86. The van der Waals surface area contributed by atoms with Crippen LogP contribution in [0.25, 0.3) is 0 Å². The number of ether oxygens (including phenoxy) is 1. The molecule has 0 bridgehead atoms. The summed E-state index contributed by atoms with van der Waals surface area (Å²) in [4.78, 5) is 11.5. The van der Waals surface area contributed by atoms with Crippen molar-refractivity contribution < 1.29 is 18.3 Å². The van der Waals surface area contributed by atoms with Crippen LogP contribution in [0, 0.1) is 18.6 Å². The first-order chi connectivity index (χ1) is 10.6. The minimum Gasteiger partial charge on any atom is -0.484 e. The molecule has 22 heavy (non-hydrogen) atoms. The molecule has 0 fully saturated rings. The van der Waals surface area contributed by atoms with Crippen molar-refractivity contribution in [1.29, 1.82) is 0 Å². The zero-order valence-electron chi connectivity index (χ0n) is 11.8. The number of halogens is 2. The fraction of sp³-hybridized carbons (Fsp3) is 0.125. The van der Waals surface area contributed by atoms with Crippen molar-refractivity contribution in [3.8, 4) is 5.75 Å². The van der Waals surface area contributed by atoms with E-state index in [-0.39, 0.29) is 12.2 Å². The summed E-state index contributed by atoms with van der Waals surface area (Å²) in [5, 5.41) is 3.51. The number of rotatable bonds is 5. The molecule has 4 nitrogen and oxygen atoms in total. The summed E-state index contributed by atoms with van der Waals surface area (Å²) < 4.78 is 31.9. The van der Waals surface area contributed by atoms with Gasteiger partial charge < -0.3 is 4.74 Å². The average Bonchev–Trinajstić information content (AvgIpc) is 2.48. The maximum atomic E-state index is 13.3. The third-order valence-corrected chi connectivity index (χ3v) is 2.74. The fourth-order valence-corrected chi connectivity index (χ4v) is 1.69. The van der Waals surface area contributed by atoms with E-state index in [2.05, 4.69) is 10.5 Å². The summed E-state index contributed by atoms with van der Waals surface area (Å²) in [6, 6.07) is 10.7. The van der Waals surface area contributed by atoms with Gasteiger partial charge in [0.05, 0.1) is 11.8 Å². The van der Waals surface area contributed by atoms with Gasteiger partial charge in [-0.3, -0.25) is 4.79 Å². The van der Waals surface area contributed by atoms with E-state index < -0.39 is 17.5 Å². The highest BCUT2D eigenvalue weighted by molar-refractivity contribution is 5.83. The molecule has 0 aliphatic heterocycles. The Morgan fingerprint density at radius 3 is 2.59 bits per heavy atom. The number of nitrogens with one attached hydrogen (secondary N) is 1. The lowest BCUT2D eigenvalue weighted by molar-refractivity contribution is -0.123. The smallest absolute Gasteiger partial charge is 0.277 e. The van der Waals surface area contributed by atoms with Gasteiger partial charge in [-0.15, -0.1) is 0 Å². The van der Waals surface area contributed by atoms with Crippen molar-refractivity contribution in [3.05, 3.63) is 65.2 Å². The molecule has 114 valence electrons. The molecule has 1 N–H and O–H groups in total. The predicted octanol–water partition coefficient (Wildman–Crippen LogP) is 2.80. The van der Waals surface area contributed by atoms with Gasteiger partial charge in [-0.25, -0.2) is 14.2 Å². The molecule has 2 aromatic rings. The number of hydrogen-bond acceptors (Lipinski definition) is 3. The number of aryl methyl sites for hydroxylation is 1. The van der Waals surface area contributed by atoms with Crippen LogP contribution in [0.15, 0.2) is 47.6 Å². The standard InChI is InChI=1S/C16H14F2N2O2/c1-11-4-2-5-12(8-11)22-10-16(21)20-19-9-13-14(17)6-3-7-15(13)18/h2-9H,10H2,1H3,(H,20,21)/b19-9-. The van der Waals surface area contributed by atoms with E-state index in [4.69, 9.17) is 4.74 Å². The summed E-state index contributed by atoms with van der Waals surface area (Å²) in [5.74, 6) is -1.49. The molecule has 0 saturated heterocycles. The van der Waals surface area contributed by atoms with E-state index in [1.807, 2.05) is 19.1 Å². The molecular formula is C16H14F2N2O2. The number of nitrogens with zero attached hydrogens (tertiary/aromatic N) is 1. The monoisotopic (exact) mass is 304 g/mol. The molecule has 0 radical (unpaired) electrons. The van der Waals surface area contributed by atoms with Crippen LogP contribution in [0.3, 0.4) is 0 Å². The zero-order valence-corrected chi connectivity index (χ0v) is 11.8. The van der Waals surface area contributed by atoms with E-state index in [9.17, 15) is 13.6 Å². The number of benzene rings is 2. The van der Waals surface area contributed by atoms with E-state index in [0.29, 0.717) is 5.75 Å². The molecule has 1 amide bonds. The lowest BCUT2D eigenvalue weighted by Gasteiger charge is -2.05. The quantitative estimate of drug-likeness (QED) is 0.682. The van der Waals surface area contributed by atoms with Crippen molar-refractivity contribution in [3.63, 3.8) is 0 Å². The lowest BCUT2D eigenvalue weighted by atomic mass is 10.2. The molecular weight excluding hydrogens is 290 g/mol. The van der Waals surface area contributed by atoms with Gasteiger partial charge in [0.15, 0.2) is 6.61 Å². The van der Waals surface area contributed by atoms with Gasteiger partial charge >= 0.3 is 0 Å². The Morgan fingerprint density at radius 2 is 1.91 bits per heavy atom. The van der Waals surface area contributed by atoms with Crippen LogP contribution in [0.1, 0.15) is 11.1 Å². The van der Waals surface area contributed by atoms with Crippen LogP contribution >= 0.6 is 0 Å². The summed E-state index contributed by atoms with van der Waals surface area (Å²) in [6.07, 6.45) is 0.912. The SMILES string of the molecule is Cc1cccc(OCC(=O)N/N=C\c2c(F)cccc2F)c1. The Morgan fingerprint density at radius 1 is 1.23 bits per heavy atom. The third kappa shape index (κ3) is 4.37. The van der Waals surface area contributed by atoms with Crippen LogP contribution in [0.2, 0.25) is 0 Å². The Hall–Kier alpha value is -2.76. The fourth-order valence-electron chi connectivity index (χ4n) is 1.69. The molecule has 0 unspecified atom stereocenters. The van der Waals surface area contributed by atoms with Gasteiger partial charge in [0.1, 0.15) is 17.4 Å². The highest BCUT2D eigenvalue weighted by Crippen LogP contribution is 2.12. The molecule has 0 spiro atoms. The van der Waals surface area contributed by atoms with E-state index in [0.717, 1.165) is 23.9 Å². The van der Waals surface area contributed by atoms with Crippen molar-refractivity contribution in [2.75, 3.05) is 6.61 Å². The Labute approximate surface area is 126 Å². The molecule has 0 atom stereocenters. The van der Waals surface area contributed by atoms with E-state index in [1.165, 1.54) is 6.07 Å². The van der Waals surface area contributed by atoms with Crippen LogP contribution < -0.4 is 10.2 Å². The minimum atomic E-state index is -0.756. The maximum Gasteiger partial charge on any atom is 0.277 e. The first-order valence-corrected chi connectivity index (χ1v) is 6.51. The van der Waals surface area contributed by atoms with Crippen molar-refractivity contribution in [1.82, 2.24) is 5.43 Å². The first kappa shape index (κ1) is 15.6. The Kier molecular flexibility index (Phi) is 5.19. The molecule has 2 aromatic carbocycles. The summed E-state index contributed by atoms with van der Waals surface area (Å²) in [6.45, 7) is 1.65. The van der Waals surface area contributed by atoms with Gasteiger partial charge in [-0.1, -0.05) is 18.2 Å². The number of hydrogen-bond donors (Lipinski definition) is 1. The lowest BCUT2D eigenvalue weighted by Crippen LogP contribution is -2.24. The molecule has 0 saturated carbocycles. The predicted molar refractivity (Wildman–Crippen MR) is 78.8 cm³/mol. The largest absolute Gasteiger partial charge is 0.484 e. The topological polar surface area (TPSA) is 50.7 Å².